The second-order valence-corrected chi connectivity index (χ2v) is 5.15. The van der Waals surface area contributed by atoms with E-state index in [0.29, 0.717) is 6.07 Å². The SMILES string of the molecule is FC(F)Oc1cc(-c2cc(Cl)cc(Cl)c2)cc(C(F)(F)F)c1. The van der Waals surface area contributed by atoms with Crippen molar-refractivity contribution in [3.05, 3.63) is 52.0 Å². The molecule has 0 unspecified atom stereocenters. The Morgan fingerprint density at radius 3 is 1.86 bits per heavy atom. The van der Waals surface area contributed by atoms with Crippen LogP contribution in [0.5, 0.6) is 5.75 Å². The molecule has 0 bridgehead atoms. The lowest BCUT2D eigenvalue weighted by atomic mass is 10.0. The van der Waals surface area contributed by atoms with E-state index in [4.69, 9.17) is 23.2 Å². The minimum atomic E-state index is -4.71. The zero-order valence-electron chi connectivity index (χ0n) is 10.6. The van der Waals surface area contributed by atoms with Gasteiger partial charge in [-0.1, -0.05) is 23.2 Å². The Morgan fingerprint density at radius 2 is 1.36 bits per heavy atom. The number of alkyl halides is 5. The van der Waals surface area contributed by atoms with Crippen molar-refractivity contribution in [2.45, 2.75) is 12.8 Å². The van der Waals surface area contributed by atoms with Crippen molar-refractivity contribution in [2.24, 2.45) is 0 Å². The van der Waals surface area contributed by atoms with Gasteiger partial charge < -0.3 is 4.74 Å². The van der Waals surface area contributed by atoms with Crippen LogP contribution in [-0.4, -0.2) is 6.61 Å². The van der Waals surface area contributed by atoms with E-state index in [-0.39, 0.29) is 21.2 Å². The number of rotatable bonds is 3. The molecular formula is C14H7Cl2F5O. The second kappa shape index (κ2) is 6.30. The van der Waals surface area contributed by atoms with Gasteiger partial charge in [-0.3, -0.25) is 0 Å². The van der Waals surface area contributed by atoms with Crippen LogP contribution < -0.4 is 4.74 Å². The first-order chi connectivity index (χ1) is 10.1. The molecule has 0 saturated carbocycles. The normalized spacial score (nSPS) is 11.8. The molecule has 0 spiro atoms. The summed E-state index contributed by atoms with van der Waals surface area (Å²) < 4.78 is 67.2. The molecule has 2 aromatic rings. The molecule has 0 fully saturated rings. The van der Waals surface area contributed by atoms with Crippen LogP contribution in [0.3, 0.4) is 0 Å². The highest BCUT2D eigenvalue weighted by molar-refractivity contribution is 6.35. The largest absolute Gasteiger partial charge is 0.435 e. The lowest BCUT2D eigenvalue weighted by Gasteiger charge is -2.13. The first-order valence-corrected chi connectivity index (χ1v) is 6.54. The van der Waals surface area contributed by atoms with Gasteiger partial charge in [-0.25, -0.2) is 0 Å². The highest BCUT2D eigenvalue weighted by Gasteiger charge is 2.32. The number of hydrogen-bond donors (Lipinski definition) is 0. The maximum absolute atomic E-state index is 12.9. The summed E-state index contributed by atoms with van der Waals surface area (Å²) in [4.78, 5) is 0. The predicted molar refractivity (Wildman–Crippen MR) is 73.5 cm³/mol. The van der Waals surface area contributed by atoms with Gasteiger partial charge in [0.2, 0.25) is 0 Å². The Balaban J connectivity index is 2.58. The van der Waals surface area contributed by atoms with Crippen LogP contribution in [0, 0.1) is 0 Å². The molecule has 0 saturated heterocycles. The fourth-order valence-electron chi connectivity index (χ4n) is 1.82. The summed E-state index contributed by atoms with van der Waals surface area (Å²) in [6.07, 6.45) is -4.71. The maximum atomic E-state index is 12.9. The topological polar surface area (TPSA) is 9.23 Å². The van der Waals surface area contributed by atoms with Crippen molar-refractivity contribution >= 4 is 23.2 Å². The molecule has 0 aliphatic rings. The molecule has 0 atom stereocenters. The van der Waals surface area contributed by atoms with E-state index >= 15 is 0 Å². The molecule has 0 aliphatic heterocycles. The van der Waals surface area contributed by atoms with E-state index < -0.39 is 24.1 Å². The van der Waals surface area contributed by atoms with E-state index in [9.17, 15) is 22.0 Å². The molecule has 118 valence electrons. The van der Waals surface area contributed by atoms with Gasteiger partial charge in [0.05, 0.1) is 5.56 Å². The van der Waals surface area contributed by atoms with Crippen LogP contribution in [0.4, 0.5) is 22.0 Å². The third-order valence-corrected chi connectivity index (χ3v) is 3.09. The van der Waals surface area contributed by atoms with Gasteiger partial charge in [-0.2, -0.15) is 22.0 Å². The highest BCUT2D eigenvalue weighted by atomic mass is 35.5. The Hall–Kier alpha value is -1.53. The third-order valence-electron chi connectivity index (χ3n) is 2.65. The second-order valence-electron chi connectivity index (χ2n) is 4.28. The van der Waals surface area contributed by atoms with Crippen molar-refractivity contribution in [3.8, 4) is 16.9 Å². The summed E-state index contributed by atoms with van der Waals surface area (Å²) in [6, 6.07) is 6.51. The highest BCUT2D eigenvalue weighted by Crippen LogP contribution is 2.37. The average molecular weight is 357 g/mol. The fraction of sp³-hybridized carbons (Fsp3) is 0.143. The van der Waals surface area contributed by atoms with Crippen molar-refractivity contribution in [1.29, 1.82) is 0 Å². The zero-order valence-corrected chi connectivity index (χ0v) is 12.1. The Bertz CT molecular complexity index is 665. The van der Waals surface area contributed by atoms with Gasteiger partial charge in [0, 0.05) is 10.0 Å². The molecule has 8 heteroatoms. The van der Waals surface area contributed by atoms with Crippen LogP contribution in [0.25, 0.3) is 11.1 Å². The lowest BCUT2D eigenvalue weighted by molar-refractivity contribution is -0.138. The summed E-state index contributed by atoms with van der Waals surface area (Å²) >= 11 is 11.6. The number of hydrogen-bond acceptors (Lipinski definition) is 1. The summed E-state index contributed by atoms with van der Waals surface area (Å²) in [5.41, 5.74) is -0.852. The first kappa shape index (κ1) is 16.8. The molecule has 0 radical (unpaired) electrons. The van der Waals surface area contributed by atoms with Gasteiger partial charge in [0.1, 0.15) is 5.75 Å². The van der Waals surface area contributed by atoms with E-state index in [1.54, 1.807) is 0 Å². The summed E-state index contributed by atoms with van der Waals surface area (Å²) in [7, 11) is 0. The molecule has 0 aromatic heterocycles. The molecule has 2 aromatic carbocycles. The molecule has 0 heterocycles. The van der Waals surface area contributed by atoms with Gasteiger partial charge >= 0.3 is 12.8 Å². The third kappa shape index (κ3) is 4.24. The summed E-state index contributed by atoms with van der Waals surface area (Å²) in [6.45, 7) is -3.24. The molecule has 0 aliphatic carbocycles. The van der Waals surface area contributed by atoms with Crippen LogP contribution in [-0.2, 0) is 6.18 Å². The van der Waals surface area contributed by atoms with Gasteiger partial charge in [0.15, 0.2) is 0 Å². The summed E-state index contributed by atoms with van der Waals surface area (Å²) in [5.74, 6) is -0.601. The first-order valence-electron chi connectivity index (χ1n) is 5.79. The van der Waals surface area contributed by atoms with E-state index in [1.165, 1.54) is 18.2 Å². The zero-order chi connectivity index (χ0) is 16.5. The maximum Gasteiger partial charge on any atom is 0.416 e. The van der Waals surface area contributed by atoms with Gasteiger partial charge in [-0.05, 0) is 47.5 Å². The Kier molecular flexibility index (Phi) is 4.82. The monoisotopic (exact) mass is 356 g/mol. The van der Waals surface area contributed by atoms with Crippen molar-refractivity contribution in [2.75, 3.05) is 0 Å². The Morgan fingerprint density at radius 1 is 0.818 bits per heavy atom. The van der Waals surface area contributed by atoms with E-state index in [2.05, 4.69) is 4.74 Å². The minimum absolute atomic E-state index is 0.00914. The smallest absolute Gasteiger partial charge is 0.416 e. The molecular weight excluding hydrogens is 350 g/mol. The summed E-state index contributed by atoms with van der Waals surface area (Å²) in [5, 5.41) is 0.410. The van der Waals surface area contributed by atoms with Gasteiger partial charge in [0.25, 0.3) is 0 Å². The van der Waals surface area contributed by atoms with Crippen LogP contribution in [0.2, 0.25) is 10.0 Å². The van der Waals surface area contributed by atoms with E-state index in [1.807, 2.05) is 0 Å². The van der Waals surface area contributed by atoms with Crippen LogP contribution in [0.1, 0.15) is 5.56 Å². The lowest BCUT2D eigenvalue weighted by Crippen LogP contribution is -2.08. The molecule has 0 N–H and O–H groups in total. The van der Waals surface area contributed by atoms with Gasteiger partial charge in [-0.15, -0.1) is 0 Å². The number of halogens is 7. The van der Waals surface area contributed by atoms with Crippen LogP contribution >= 0.6 is 23.2 Å². The number of ether oxygens (including phenoxy) is 1. The molecule has 2 rings (SSSR count). The van der Waals surface area contributed by atoms with Crippen LogP contribution in [0.15, 0.2) is 36.4 Å². The quantitative estimate of drug-likeness (QED) is 0.588. The molecule has 22 heavy (non-hydrogen) atoms. The predicted octanol–water partition coefficient (Wildman–Crippen LogP) is 6.28. The molecule has 0 amide bonds. The number of benzene rings is 2. The standard InChI is InChI=1S/C14H7Cl2F5O/c15-10-2-8(3-11(16)6-10)7-1-9(14(19,20)21)5-12(4-7)22-13(17)18/h1-6,13H. The Labute approximate surface area is 132 Å². The minimum Gasteiger partial charge on any atom is -0.435 e. The molecule has 1 nitrogen and oxygen atoms in total. The average Bonchev–Trinajstić information content (AvgIpc) is 2.35. The van der Waals surface area contributed by atoms with Crippen molar-refractivity contribution < 1.29 is 26.7 Å². The van der Waals surface area contributed by atoms with Crippen molar-refractivity contribution in [3.63, 3.8) is 0 Å². The van der Waals surface area contributed by atoms with E-state index in [0.717, 1.165) is 12.1 Å². The van der Waals surface area contributed by atoms with Crippen molar-refractivity contribution in [1.82, 2.24) is 0 Å². The fourth-order valence-corrected chi connectivity index (χ4v) is 2.35.